The van der Waals surface area contributed by atoms with Crippen LogP contribution in [0.25, 0.3) is 0 Å². The molecular weight excluding hydrogens is 441 g/mol. The number of rotatable bonds is 4. The molecule has 0 saturated carbocycles. The van der Waals surface area contributed by atoms with Gasteiger partial charge < -0.3 is 16.0 Å². The van der Waals surface area contributed by atoms with Gasteiger partial charge >= 0.3 is 0 Å². The van der Waals surface area contributed by atoms with E-state index in [1.807, 2.05) is 6.92 Å². The highest BCUT2D eigenvalue weighted by molar-refractivity contribution is 6.31. The summed E-state index contributed by atoms with van der Waals surface area (Å²) in [6.07, 6.45) is -0.176. The Balaban J connectivity index is 1.64. The summed E-state index contributed by atoms with van der Waals surface area (Å²) in [5.41, 5.74) is 1.49. The Labute approximate surface area is 187 Å². The van der Waals surface area contributed by atoms with Gasteiger partial charge in [-0.15, -0.1) is 0 Å². The van der Waals surface area contributed by atoms with Gasteiger partial charge in [-0.2, -0.15) is 4.98 Å². The summed E-state index contributed by atoms with van der Waals surface area (Å²) in [7, 11) is 0. The predicted molar refractivity (Wildman–Crippen MR) is 120 cm³/mol. The first kappa shape index (κ1) is 20.9. The van der Waals surface area contributed by atoms with Crippen molar-refractivity contribution in [2.24, 2.45) is 0 Å². The second-order valence-electron chi connectivity index (χ2n) is 7.07. The lowest BCUT2D eigenvalue weighted by molar-refractivity contribution is -0.123. The van der Waals surface area contributed by atoms with Gasteiger partial charge in [-0.1, -0.05) is 35.3 Å². The minimum atomic E-state index is -1.000. The standard InChI is InChI=1S/C21H17Cl2N5O3/c1-10-5-6-13(8-15(10)23)24-19(30)14-9-16(29)26-18-17(14)20(31)28-21(27-18)25-12-4-2-3-11(22)7-12/h2-8,14H,9H2,1H3,(H,24,30)(H3,25,26,27,28,29,31)/t14-/m0/s1. The molecule has 0 saturated heterocycles. The minimum absolute atomic E-state index is 0.0339. The molecule has 2 aromatic carbocycles. The van der Waals surface area contributed by atoms with E-state index >= 15 is 0 Å². The average molecular weight is 458 g/mol. The van der Waals surface area contributed by atoms with Gasteiger partial charge in [-0.3, -0.25) is 19.4 Å². The number of halogens is 2. The molecule has 2 amide bonds. The Hall–Kier alpha value is -3.36. The number of aromatic nitrogens is 2. The van der Waals surface area contributed by atoms with Crippen molar-refractivity contribution in [3.05, 3.63) is 74.0 Å². The maximum atomic E-state index is 12.9. The highest BCUT2D eigenvalue weighted by Crippen LogP contribution is 2.31. The molecule has 0 radical (unpaired) electrons. The van der Waals surface area contributed by atoms with Crippen molar-refractivity contribution in [3.8, 4) is 0 Å². The highest BCUT2D eigenvalue weighted by atomic mass is 35.5. The van der Waals surface area contributed by atoms with E-state index in [0.717, 1.165) is 5.56 Å². The lowest BCUT2D eigenvalue weighted by atomic mass is 9.92. The summed E-state index contributed by atoms with van der Waals surface area (Å²) in [4.78, 5) is 44.8. The van der Waals surface area contributed by atoms with Crippen LogP contribution in [0.5, 0.6) is 0 Å². The molecule has 0 aliphatic carbocycles. The molecule has 1 aliphatic rings. The normalized spacial score (nSPS) is 15.1. The van der Waals surface area contributed by atoms with Crippen molar-refractivity contribution >= 4 is 58.2 Å². The van der Waals surface area contributed by atoms with E-state index in [1.165, 1.54) is 0 Å². The first-order valence-electron chi connectivity index (χ1n) is 9.34. The Kier molecular flexibility index (Phi) is 5.67. The second kappa shape index (κ2) is 8.41. The summed E-state index contributed by atoms with van der Waals surface area (Å²) >= 11 is 12.1. The van der Waals surface area contributed by atoms with E-state index in [4.69, 9.17) is 23.2 Å². The largest absolute Gasteiger partial charge is 0.326 e. The zero-order valence-electron chi connectivity index (χ0n) is 16.3. The number of aromatic amines is 1. The summed E-state index contributed by atoms with van der Waals surface area (Å²) in [6.45, 7) is 1.84. The molecule has 1 aromatic heterocycles. The van der Waals surface area contributed by atoms with Crippen molar-refractivity contribution < 1.29 is 9.59 Å². The van der Waals surface area contributed by atoms with E-state index in [1.54, 1.807) is 42.5 Å². The molecule has 0 bridgehead atoms. The topological polar surface area (TPSA) is 116 Å². The number of hydrogen-bond donors (Lipinski definition) is 4. The van der Waals surface area contributed by atoms with Gasteiger partial charge in [-0.05, 0) is 42.8 Å². The van der Waals surface area contributed by atoms with Gasteiger partial charge in [-0.25, -0.2) is 0 Å². The number of nitrogens with zero attached hydrogens (tertiary/aromatic N) is 1. The number of anilines is 4. The van der Waals surface area contributed by atoms with Crippen LogP contribution < -0.4 is 21.5 Å². The molecule has 10 heteroatoms. The molecule has 0 fully saturated rings. The first-order valence-corrected chi connectivity index (χ1v) is 10.1. The summed E-state index contributed by atoms with van der Waals surface area (Å²) < 4.78 is 0. The average Bonchev–Trinajstić information content (AvgIpc) is 2.70. The van der Waals surface area contributed by atoms with Gasteiger partial charge in [0, 0.05) is 27.8 Å². The third-order valence-electron chi connectivity index (χ3n) is 4.79. The number of H-pyrrole nitrogens is 1. The lowest BCUT2D eigenvalue weighted by Gasteiger charge is -2.23. The molecular formula is C21H17Cl2N5O3. The van der Waals surface area contributed by atoms with Gasteiger partial charge in [0.15, 0.2) is 0 Å². The number of benzene rings is 2. The van der Waals surface area contributed by atoms with Crippen LogP contribution in [0.4, 0.5) is 23.1 Å². The van der Waals surface area contributed by atoms with E-state index in [-0.39, 0.29) is 23.8 Å². The zero-order chi connectivity index (χ0) is 22.1. The predicted octanol–water partition coefficient (Wildman–Crippen LogP) is 4.19. The number of nitrogens with one attached hydrogen (secondary N) is 4. The smallest absolute Gasteiger partial charge is 0.258 e. The second-order valence-corrected chi connectivity index (χ2v) is 7.91. The summed E-state index contributed by atoms with van der Waals surface area (Å²) in [6, 6.07) is 11.9. The van der Waals surface area contributed by atoms with E-state index in [2.05, 4.69) is 25.9 Å². The maximum Gasteiger partial charge on any atom is 0.258 e. The van der Waals surface area contributed by atoms with E-state index in [0.29, 0.717) is 21.4 Å². The third-order valence-corrected chi connectivity index (χ3v) is 5.44. The molecule has 158 valence electrons. The molecule has 4 rings (SSSR count). The third kappa shape index (κ3) is 4.55. The fraction of sp³-hybridized carbons (Fsp3) is 0.143. The lowest BCUT2D eigenvalue weighted by Crippen LogP contribution is -2.36. The van der Waals surface area contributed by atoms with Crippen LogP contribution in [0, 0.1) is 6.92 Å². The number of carbonyl (C=O) groups excluding carboxylic acids is 2. The molecule has 0 unspecified atom stereocenters. The Morgan fingerprint density at radius 1 is 1.13 bits per heavy atom. The maximum absolute atomic E-state index is 12.9. The van der Waals surface area contributed by atoms with Gasteiger partial charge in [0.2, 0.25) is 17.8 Å². The Bertz CT molecular complexity index is 1260. The molecule has 0 spiro atoms. The fourth-order valence-electron chi connectivity index (χ4n) is 3.26. The quantitative estimate of drug-likeness (QED) is 0.468. The van der Waals surface area contributed by atoms with Crippen LogP contribution >= 0.6 is 23.2 Å². The molecule has 1 aliphatic heterocycles. The van der Waals surface area contributed by atoms with Gasteiger partial charge in [0.25, 0.3) is 5.56 Å². The fourth-order valence-corrected chi connectivity index (χ4v) is 3.63. The zero-order valence-corrected chi connectivity index (χ0v) is 17.8. The van der Waals surface area contributed by atoms with Crippen molar-refractivity contribution in [2.45, 2.75) is 19.3 Å². The first-order chi connectivity index (χ1) is 14.8. The molecule has 4 N–H and O–H groups in total. The van der Waals surface area contributed by atoms with Crippen LogP contribution in [0.15, 0.2) is 47.3 Å². The van der Waals surface area contributed by atoms with Crippen molar-refractivity contribution in [3.63, 3.8) is 0 Å². The molecule has 3 aromatic rings. The van der Waals surface area contributed by atoms with Crippen molar-refractivity contribution in [1.29, 1.82) is 0 Å². The Morgan fingerprint density at radius 3 is 2.68 bits per heavy atom. The monoisotopic (exact) mass is 457 g/mol. The summed E-state index contributed by atoms with van der Waals surface area (Å²) in [5, 5.41) is 9.21. The number of hydrogen-bond acceptors (Lipinski definition) is 5. The highest BCUT2D eigenvalue weighted by Gasteiger charge is 2.34. The summed E-state index contributed by atoms with van der Waals surface area (Å²) in [5.74, 6) is -1.77. The van der Waals surface area contributed by atoms with Crippen LogP contribution in [0.3, 0.4) is 0 Å². The Morgan fingerprint density at radius 2 is 1.94 bits per heavy atom. The van der Waals surface area contributed by atoms with Crippen molar-refractivity contribution in [2.75, 3.05) is 16.0 Å². The minimum Gasteiger partial charge on any atom is -0.326 e. The van der Waals surface area contributed by atoms with E-state index in [9.17, 15) is 14.4 Å². The molecule has 31 heavy (non-hydrogen) atoms. The molecule has 8 nitrogen and oxygen atoms in total. The number of amides is 2. The van der Waals surface area contributed by atoms with Crippen LogP contribution in [-0.2, 0) is 9.59 Å². The number of fused-ring (bicyclic) bond motifs is 1. The molecule has 1 atom stereocenters. The van der Waals surface area contributed by atoms with Gasteiger partial charge in [0.1, 0.15) is 5.82 Å². The number of carbonyl (C=O) groups is 2. The number of aryl methyl sites for hydroxylation is 1. The SMILES string of the molecule is Cc1ccc(NC(=O)[C@H]2CC(=O)Nc3nc(Nc4cccc(Cl)c4)[nH]c(=O)c32)cc1Cl. The van der Waals surface area contributed by atoms with Crippen molar-refractivity contribution in [1.82, 2.24) is 9.97 Å². The van der Waals surface area contributed by atoms with Crippen LogP contribution in [-0.4, -0.2) is 21.8 Å². The van der Waals surface area contributed by atoms with Crippen LogP contribution in [0.1, 0.15) is 23.5 Å². The van der Waals surface area contributed by atoms with Crippen LogP contribution in [0.2, 0.25) is 10.0 Å². The van der Waals surface area contributed by atoms with E-state index < -0.39 is 23.3 Å². The molecule has 2 heterocycles. The van der Waals surface area contributed by atoms with Gasteiger partial charge in [0.05, 0.1) is 11.5 Å².